The van der Waals surface area contributed by atoms with Crippen molar-refractivity contribution in [3.05, 3.63) is 0 Å². The van der Waals surface area contributed by atoms with Crippen LogP contribution in [0.1, 0.15) is 103 Å². The third-order valence-electron chi connectivity index (χ3n) is 6.78. The molecule has 0 fully saturated rings. The van der Waals surface area contributed by atoms with Gasteiger partial charge in [0.1, 0.15) is 0 Å². The van der Waals surface area contributed by atoms with Crippen LogP contribution in [0.4, 0.5) is 52.7 Å². The summed E-state index contributed by atoms with van der Waals surface area (Å²) < 4.78 is 195. The fourth-order valence-electron chi connectivity index (χ4n) is 4.03. The summed E-state index contributed by atoms with van der Waals surface area (Å²) in [5.41, 5.74) is 0. The van der Waals surface area contributed by atoms with Crippen LogP contribution in [0, 0.1) is 0 Å². The van der Waals surface area contributed by atoms with Crippen LogP contribution in [-0.4, -0.2) is 66.8 Å². The molecule has 0 heterocycles. The average molecular weight is 679 g/mol. The van der Waals surface area contributed by atoms with Crippen LogP contribution in [0.3, 0.4) is 0 Å². The molecule has 0 radical (unpaired) electrons. The van der Waals surface area contributed by atoms with Crippen molar-refractivity contribution >= 4 is 16.1 Å². The molecule has 0 amide bonds. The van der Waals surface area contributed by atoms with Gasteiger partial charge in [-0.15, -0.1) is 0 Å². The molecule has 0 aromatic rings. The monoisotopic (exact) mass is 678 g/mol. The lowest BCUT2D eigenvalue weighted by Crippen LogP contribution is -2.69. The van der Waals surface area contributed by atoms with Gasteiger partial charge in [0.2, 0.25) is 0 Å². The zero-order valence-electron chi connectivity index (χ0n) is 23.5. The van der Waals surface area contributed by atoms with Crippen LogP contribution in [0.15, 0.2) is 0 Å². The molecule has 1 unspecified atom stereocenters. The van der Waals surface area contributed by atoms with Crippen molar-refractivity contribution in [1.82, 2.24) is 0 Å². The number of rotatable bonds is 24. The molecule has 0 aliphatic carbocycles. The lowest BCUT2D eigenvalue weighted by Gasteiger charge is -2.38. The number of alkyl halides is 12. The van der Waals surface area contributed by atoms with E-state index in [4.69, 9.17) is 0 Å². The molecule has 0 bridgehead atoms. The standard InChI is InChI=1S/C25H38F12O5S/c1-2-3-4-5-6-7-8-9-10-11-12-13-14-15-16-18(43(39,40)41)19(38)42-17-21(28,29)23(32,33)25(36,37)24(34,35)22(30,31)20(26)27/h18,20H,2-17H2,1H3,(H,39,40,41). The lowest BCUT2D eigenvalue weighted by atomic mass is 9.94. The quantitative estimate of drug-likeness (QED) is 0.0477. The number of hydrogen-bond donors (Lipinski definition) is 1. The minimum Gasteiger partial charge on any atom is -0.458 e. The largest absolute Gasteiger partial charge is 0.458 e. The molecule has 43 heavy (non-hydrogen) atoms. The third kappa shape index (κ3) is 11.4. The maximum Gasteiger partial charge on any atom is 0.384 e. The van der Waals surface area contributed by atoms with E-state index < -0.39 is 70.4 Å². The molecular weight excluding hydrogens is 640 g/mol. The Morgan fingerprint density at radius 1 is 0.651 bits per heavy atom. The van der Waals surface area contributed by atoms with Crippen LogP contribution < -0.4 is 0 Å². The van der Waals surface area contributed by atoms with Gasteiger partial charge in [0.15, 0.2) is 11.9 Å². The topological polar surface area (TPSA) is 80.7 Å². The molecule has 0 saturated carbocycles. The summed E-state index contributed by atoms with van der Waals surface area (Å²) in [5, 5.41) is -2.65. The van der Waals surface area contributed by atoms with Gasteiger partial charge in [0, 0.05) is 0 Å². The van der Waals surface area contributed by atoms with Crippen molar-refractivity contribution in [2.75, 3.05) is 6.61 Å². The van der Waals surface area contributed by atoms with Gasteiger partial charge in [-0.1, -0.05) is 96.8 Å². The minimum absolute atomic E-state index is 0.128. The molecule has 1 N–H and O–H groups in total. The summed E-state index contributed by atoms with van der Waals surface area (Å²) in [5.74, 6) is -39.2. The molecule has 0 aromatic carbocycles. The second kappa shape index (κ2) is 17.3. The van der Waals surface area contributed by atoms with E-state index in [-0.39, 0.29) is 12.8 Å². The maximum absolute atomic E-state index is 13.8. The molecule has 5 nitrogen and oxygen atoms in total. The van der Waals surface area contributed by atoms with Crippen LogP contribution in [0.5, 0.6) is 0 Å². The Balaban J connectivity index is 4.92. The second-order valence-corrected chi connectivity index (χ2v) is 11.9. The Morgan fingerprint density at radius 3 is 1.37 bits per heavy atom. The summed E-state index contributed by atoms with van der Waals surface area (Å²) >= 11 is 0. The zero-order chi connectivity index (χ0) is 33.8. The molecular formula is C25H38F12O5S. The number of esters is 1. The van der Waals surface area contributed by atoms with Crippen molar-refractivity contribution in [2.24, 2.45) is 0 Å². The number of carbonyl (C=O) groups excluding carboxylic acids is 1. The van der Waals surface area contributed by atoms with Gasteiger partial charge >= 0.3 is 42.0 Å². The predicted octanol–water partition coefficient (Wildman–Crippen LogP) is 9.10. The molecule has 0 rings (SSSR count). The van der Waals surface area contributed by atoms with Crippen LogP contribution >= 0.6 is 0 Å². The van der Waals surface area contributed by atoms with Gasteiger partial charge in [0.25, 0.3) is 10.1 Å². The molecule has 258 valence electrons. The van der Waals surface area contributed by atoms with E-state index in [0.717, 1.165) is 32.1 Å². The van der Waals surface area contributed by atoms with E-state index in [1.807, 2.05) is 0 Å². The van der Waals surface area contributed by atoms with Crippen molar-refractivity contribution < 1.29 is 75.2 Å². The molecule has 0 aliphatic heterocycles. The number of halogens is 12. The fourth-order valence-corrected chi connectivity index (χ4v) is 4.81. The van der Waals surface area contributed by atoms with Crippen molar-refractivity contribution in [1.29, 1.82) is 0 Å². The van der Waals surface area contributed by atoms with Gasteiger partial charge in [-0.2, -0.15) is 52.3 Å². The molecule has 0 aliphatic rings. The summed E-state index contributed by atoms with van der Waals surface area (Å²) in [6, 6.07) is 0. The van der Waals surface area contributed by atoms with Crippen molar-refractivity contribution in [3.8, 4) is 0 Å². The van der Waals surface area contributed by atoms with Crippen LogP contribution in [0.2, 0.25) is 0 Å². The van der Waals surface area contributed by atoms with Gasteiger partial charge in [-0.05, 0) is 6.42 Å². The number of carbonyl (C=O) groups is 1. The number of unbranched alkanes of at least 4 members (excludes halogenated alkanes) is 13. The first-order valence-corrected chi connectivity index (χ1v) is 15.3. The number of hydrogen-bond acceptors (Lipinski definition) is 4. The van der Waals surface area contributed by atoms with Gasteiger partial charge in [-0.3, -0.25) is 9.35 Å². The molecule has 0 saturated heterocycles. The molecule has 0 aromatic heterocycles. The van der Waals surface area contributed by atoms with Crippen LogP contribution in [0.25, 0.3) is 0 Å². The van der Waals surface area contributed by atoms with Crippen LogP contribution in [-0.2, 0) is 19.6 Å². The minimum atomic E-state index is -7.81. The average Bonchev–Trinajstić information content (AvgIpc) is 2.88. The van der Waals surface area contributed by atoms with Gasteiger partial charge < -0.3 is 4.74 Å². The molecule has 18 heteroatoms. The van der Waals surface area contributed by atoms with E-state index in [0.29, 0.717) is 12.8 Å². The highest BCUT2D eigenvalue weighted by atomic mass is 32.2. The summed E-state index contributed by atoms with van der Waals surface area (Å²) in [4.78, 5) is 11.9. The highest BCUT2D eigenvalue weighted by Gasteiger charge is 2.87. The first-order chi connectivity index (χ1) is 19.5. The van der Waals surface area contributed by atoms with E-state index in [1.165, 1.54) is 32.1 Å². The van der Waals surface area contributed by atoms with E-state index in [1.54, 1.807) is 0 Å². The molecule has 1 atom stereocenters. The normalized spacial score (nSPS) is 14.8. The Bertz CT molecular complexity index is 930. The summed E-state index contributed by atoms with van der Waals surface area (Å²) in [6.45, 7) is -1.11. The highest BCUT2D eigenvalue weighted by molar-refractivity contribution is 7.87. The van der Waals surface area contributed by atoms with Crippen molar-refractivity contribution in [3.63, 3.8) is 0 Å². The first kappa shape index (κ1) is 41.5. The smallest absolute Gasteiger partial charge is 0.384 e. The zero-order valence-corrected chi connectivity index (χ0v) is 24.3. The third-order valence-corrected chi connectivity index (χ3v) is 7.93. The maximum atomic E-state index is 13.8. The Hall–Kier alpha value is -1.46. The van der Waals surface area contributed by atoms with E-state index in [2.05, 4.69) is 11.7 Å². The van der Waals surface area contributed by atoms with Gasteiger partial charge in [-0.25, -0.2) is 8.78 Å². The molecule has 0 spiro atoms. The lowest BCUT2D eigenvalue weighted by molar-refractivity contribution is -0.414. The summed E-state index contributed by atoms with van der Waals surface area (Å²) in [7, 11) is -5.42. The van der Waals surface area contributed by atoms with E-state index in [9.17, 15) is 70.5 Å². The highest BCUT2D eigenvalue weighted by Crippen LogP contribution is 2.58. The predicted molar refractivity (Wildman–Crippen MR) is 132 cm³/mol. The van der Waals surface area contributed by atoms with Crippen molar-refractivity contribution in [2.45, 2.75) is 145 Å². The Kier molecular flexibility index (Phi) is 16.7. The first-order valence-electron chi connectivity index (χ1n) is 13.8. The van der Waals surface area contributed by atoms with Gasteiger partial charge in [0.05, 0.1) is 0 Å². The number of ether oxygens (including phenoxy) is 1. The fraction of sp³-hybridized carbons (Fsp3) is 0.960. The second-order valence-electron chi connectivity index (χ2n) is 10.3. The summed E-state index contributed by atoms with van der Waals surface area (Å²) in [6.07, 6.45) is 5.90. The Morgan fingerprint density at radius 2 is 1.02 bits per heavy atom. The van der Waals surface area contributed by atoms with E-state index >= 15 is 0 Å². The SMILES string of the molecule is CCCCCCCCCCCCCCCCC(C(=O)OCC(F)(F)C(F)(F)C(F)(F)C(F)(F)C(F)(F)C(F)F)S(=O)(=O)O. The Labute approximate surface area is 242 Å².